The van der Waals surface area contributed by atoms with Crippen molar-refractivity contribution in [1.82, 2.24) is 9.89 Å². The van der Waals surface area contributed by atoms with Gasteiger partial charge in [0.05, 0.1) is 10.6 Å². The lowest BCUT2D eigenvalue weighted by molar-refractivity contribution is -0.384. The van der Waals surface area contributed by atoms with Gasteiger partial charge in [-0.05, 0) is 20.8 Å². The number of ketones is 1. The van der Waals surface area contributed by atoms with E-state index in [0.29, 0.717) is 10.5 Å². The molecular formula is C11H11N3O5. The molecule has 0 atom stereocenters. The van der Waals surface area contributed by atoms with Gasteiger partial charge in [0, 0.05) is 6.07 Å². The third-order valence-corrected chi connectivity index (χ3v) is 2.76. The Morgan fingerprint density at radius 1 is 1.53 bits per heavy atom. The van der Waals surface area contributed by atoms with Crippen LogP contribution in [0.5, 0.6) is 0 Å². The van der Waals surface area contributed by atoms with Gasteiger partial charge in [0.15, 0.2) is 11.5 Å². The number of aryl methyl sites for hydroxylation is 1. The highest BCUT2D eigenvalue weighted by Crippen LogP contribution is 2.36. The van der Waals surface area contributed by atoms with E-state index in [1.165, 1.54) is 19.9 Å². The van der Waals surface area contributed by atoms with Crippen molar-refractivity contribution in [3.63, 3.8) is 0 Å². The molecule has 0 saturated heterocycles. The first kappa shape index (κ1) is 12.8. The molecular weight excluding hydrogens is 254 g/mol. The average molecular weight is 265 g/mol. The third-order valence-electron chi connectivity index (χ3n) is 2.76. The highest BCUT2D eigenvalue weighted by atomic mass is 16.6. The first-order chi connectivity index (χ1) is 8.84. The Morgan fingerprint density at radius 3 is 2.58 bits per heavy atom. The van der Waals surface area contributed by atoms with Gasteiger partial charge in [-0.3, -0.25) is 14.9 Å². The van der Waals surface area contributed by atoms with Gasteiger partial charge in [-0.2, -0.15) is 4.73 Å². The van der Waals surface area contributed by atoms with Gasteiger partial charge in [0.2, 0.25) is 0 Å². The zero-order valence-electron chi connectivity index (χ0n) is 10.5. The normalized spacial score (nSPS) is 10.7. The molecule has 0 unspecified atom stereocenters. The fraction of sp³-hybridized carbons (Fsp3) is 0.273. The summed E-state index contributed by atoms with van der Waals surface area (Å²) in [4.78, 5) is 22.0. The molecule has 0 amide bonds. The predicted molar refractivity (Wildman–Crippen MR) is 63.2 cm³/mol. The van der Waals surface area contributed by atoms with Crippen LogP contribution >= 0.6 is 0 Å². The Morgan fingerprint density at radius 2 is 2.16 bits per heavy atom. The van der Waals surface area contributed by atoms with E-state index >= 15 is 0 Å². The number of rotatable bonds is 3. The molecule has 100 valence electrons. The molecule has 8 heteroatoms. The minimum atomic E-state index is -0.712. The Hall–Kier alpha value is -2.64. The van der Waals surface area contributed by atoms with Crippen molar-refractivity contribution < 1.29 is 19.4 Å². The number of carbonyl (C=O) groups is 1. The molecule has 0 aliphatic heterocycles. The number of carbonyl (C=O) groups excluding carboxylic acids is 1. The molecule has 8 nitrogen and oxygen atoms in total. The molecule has 2 heterocycles. The van der Waals surface area contributed by atoms with E-state index in [9.17, 15) is 20.1 Å². The summed E-state index contributed by atoms with van der Waals surface area (Å²) in [6, 6.07) is 1.44. The van der Waals surface area contributed by atoms with Crippen LogP contribution in [0.3, 0.4) is 0 Å². The lowest BCUT2D eigenvalue weighted by Gasteiger charge is -1.97. The van der Waals surface area contributed by atoms with Crippen LogP contribution in [0.2, 0.25) is 0 Å². The third kappa shape index (κ3) is 1.86. The molecule has 0 saturated carbocycles. The predicted octanol–water partition coefficient (Wildman–Crippen LogP) is 2.11. The number of Topliss-reactive ketones (excluding diaryl/α,β-unsaturated/α-hetero) is 1. The van der Waals surface area contributed by atoms with E-state index in [1.807, 2.05) is 0 Å². The Balaban J connectivity index is 2.84. The van der Waals surface area contributed by atoms with Crippen LogP contribution in [0.1, 0.15) is 28.7 Å². The standard InChI is InChI=1S/C11H11N3O5/c1-5-4-8(12-19-5)10-11(14(17)18)9(7(3)15)6(2)13(10)16/h4,16H,1-3H3. The smallest absolute Gasteiger partial charge is 0.311 e. The van der Waals surface area contributed by atoms with Gasteiger partial charge in [-0.15, -0.1) is 0 Å². The SMILES string of the molecule is CC(=O)c1c([N+](=O)[O-])c(-c2cc(C)on2)n(O)c1C. The quantitative estimate of drug-likeness (QED) is 0.393. The second-order valence-electron chi connectivity index (χ2n) is 4.11. The van der Waals surface area contributed by atoms with Gasteiger partial charge in [-0.25, -0.2) is 0 Å². The topological polar surface area (TPSA) is 111 Å². The minimum absolute atomic E-state index is 0.0925. The lowest BCUT2D eigenvalue weighted by Crippen LogP contribution is -1.99. The van der Waals surface area contributed by atoms with E-state index in [4.69, 9.17) is 4.52 Å². The van der Waals surface area contributed by atoms with E-state index in [-0.39, 0.29) is 22.6 Å². The summed E-state index contributed by atoms with van der Waals surface area (Å²) in [6.07, 6.45) is 0. The van der Waals surface area contributed by atoms with Crippen molar-refractivity contribution >= 4 is 11.5 Å². The maximum absolute atomic E-state index is 11.5. The van der Waals surface area contributed by atoms with E-state index in [2.05, 4.69) is 5.16 Å². The van der Waals surface area contributed by atoms with Gasteiger partial charge >= 0.3 is 5.69 Å². The molecule has 2 aromatic rings. The molecule has 0 bridgehead atoms. The highest BCUT2D eigenvalue weighted by molar-refractivity contribution is 6.02. The summed E-state index contributed by atoms with van der Waals surface area (Å²) in [7, 11) is 0. The molecule has 0 aliphatic rings. The first-order valence-corrected chi connectivity index (χ1v) is 5.38. The van der Waals surface area contributed by atoms with Crippen molar-refractivity contribution in [3.05, 3.63) is 33.2 Å². The highest BCUT2D eigenvalue weighted by Gasteiger charge is 2.34. The van der Waals surface area contributed by atoms with Crippen LogP contribution in [0.25, 0.3) is 11.4 Å². The summed E-state index contributed by atoms with van der Waals surface area (Å²) >= 11 is 0. The first-order valence-electron chi connectivity index (χ1n) is 5.38. The Labute approximate surface area is 107 Å². The zero-order valence-corrected chi connectivity index (χ0v) is 10.5. The summed E-state index contributed by atoms with van der Waals surface area (Å²) in [5, 5.41) is 24.7. The summed E-state index contributed by atoms with van der Waals surface area (Å²) in [5.41, 5.74) is -0.578. The number of nitrogens with zero attached hydrogens (tertiary/aromatic N) is 3. The number of hydrogen-bond acceptors (Lipinski definition) is 6. The Kier molecular flexibility index (Phi) is 2.85. The van der Waals surface area contributed by atoms with E-state index in [1.54, 1.807) is 6.92 Å². The second kappa shape index (κ2) is 4.23. The van der Waals surface area contributed by atoms with E-state index < -0.39 is 16.4 Å². The lowest BCUT2D eigenvalue weighted by atomic mass is 10.1. The van der Waals surface area contributed by atoms with Gasteiger partial charge in [-0.1, -0.05) is 5.16 Å². The van der Waals surface area contributed by atoms with Crippen LogP contribution in [-0.4, -0.2) is 25.8 Å². The molecule has 2 aromatic heterocycles. The van der Waals surface area contributed by atoms with Gasteiger partial charge in [0.1, 0.15) is 17.0 Å². The zero-order chi connectivity index (χ0) is 14.3. The summed E-state index contributed by atoms with van der Waals surface area (Å²) in [6.45, 7) is 4.24. The molecule has 0 radical (unpaired) electrons. The average Bonchev–Trinajstić information content (AvgIpc) is 2.82. The van der Waals surface area contributed by atoms with Crippen LogP contribution < -0.4 is 0 Å². The monoisotopic (exact) mass is 265 g/mol. The molecule has 0 aliphatic carbocycles. The molecule has 0 fully saturated rings. The minimum Gasteiger partial charge on any atom is -0.428 e. The van der Waals surface area contributed by atoms with Crippen LogP contribution in [0.15, 0.2) is 10.6 Å². The largest absolute Gasteiger partial charge is 0.428 e. The fourth-order valence-corrected chi connectivity index (χ4v) is 1.97. The van der Waals surface area contributed by atoms with Crippen LogP contribution in [0, 0.1) is 24.0 Å². The number of aromatic nitrogens is 2. The summed E-state index contributed by atoms with van der Waals surface area (Å²) < 4.78 is 5.43. The molecule has 0 aromatic carbocycles. The second-order valence-corrected chi connectivity index (χ2v) is 4.11. The fourth-order valence-electron chi connectivity index (χ4n) is 1.97. The van der Waals surface area contributed by atoms with Crippen molar-refractivity contribution in [1.29, 1.82) is 0 Å². The van der Waals surface area contributed by atoms with Crippen LogP contribution in [-0.2, 0) is 0 Å². The van der Waals surface area contributed by atoms with Crippen LogP contribution in [0.4, 0.5) is 5.69 Å². The van der Waals surface area contributed by atoms with Gasteiger partial charge < -0.3 is 9.73 Å². The van der Waals surface area contributed by atoms with E-state index in [0.717, 1.165) is 0 Å². The van der Waals surface area contributed by atoms with Gasteiger partial charge in [0.25, 0.3) is 0 Å². The number of hydrogen-bond donors (Lipinski definition) is 1. The number of nitro groups is 1. The van der Waals surface area contributed by atoms with Crippen molar-refractivity contribution in [2.45, 2.75) is 20.8 Å². The maximum atomic E-state index is 11.5. The summed E-state index contributed by atoms with van der Waals surface area (Å²) in [5.74, 6) is -0.0639. The van der Waals surface area contributed by atoms with Crippen molar-refractivity contribution in [3.8, 4) is 11.4 Å². The molecule has 0 spiro atoms. The molecule has 2 rings (SSSR count). The maximum Gasteiger partial charge on any atom is 0.311 e. The van der Waals surface area contributed by atoms with Crippen molar-refractivity contribution in [2.75, 3.05) is 0 Å². The molecule has 1 N–H and O–H groups in total. The Bertz CT molecular complexity index is 683. The van der Waals surface area contributed by atoms with Crippen molar-refractivity contribution in [2.24, 2.45) is 0 Å². The molecule has 19 heavy (non-hydrogen) atoms.